The van der Waals surface area contributed by atoms with E-state index in [0.717, 1.165) is 11.3 Å². The van der Waals surface area contributed by atoms with Crippen molar-refractivity contribution in [1.29, 1.82) is 0 Å². The molecule has 0 atom stereocenters. The summed E-state index contributed by atoms with van der Waals surface area (Å²) >= 11 is 0.751. The maximum atomic E-state index is 12.6. The third kappa shape index (κ3) is 4.07. The summed E-state index contributed by atoms with van der Waals surface area (Å²) in [6.45, 7) is 0. The monoisotopic (exact) mass is 434 g/mol. The Balaban J connectivity index is 1.87. The fourth-order valence-corrected chi connectivity index (χ4v) is 4.53. The number of halogens is 3. The van der Waals surface area contributed by atoms with Gasteiger partial charge in [-0.25, -0.2) is 8.42 Å². The minimum Gasteiger partial charge on any atom is -0.497 e. The van der Waals surface area contributed by atoms with Crippen molar-refractivity contribution in [2.45, 2.75) is 10.4 Å². The second-order valence-corrected chi connectivity index (χ2v) is 8.36. The predicted octanol–water partition coefficient (Wildman–Crippen LogP) is 4.24. The number of aromatic nitrogens is 1. The van der Waals surface area contributed by atoms with Crippen LogP contribution in [0.4, 0.5) is 18.9 Å². The van der Waals surface area contributed by atoms with Gasteiger partial charge < -0.3 is 14.0 Å². The highest BCUT2D eigenvalue weighted by atomic mass is 32.2. The molecule has 0 bridgehead atoms. The van der Waals surface area contributed by atoms with Crippen molar-refractivity contribution in [3.05, 3.63) is 42.2 Å². The van der Waals surface area contributed by atoms with Gasteiger partial charge in [-0.2, -0.15) is 13.2 Å². The Morgan fingerprint density at radius 1 is 1.11 bits per heavy atom. The van der Waals surface area contributed by atoms with Crippen molar-refractivity contribution >= 4 is 27.0 Å². The topological polar surface area (TPSA) is 90.7 Å². The van der Waals surface area contributed by atoms with E-state index in [1.165, 1.54) is 38.5 Å². The molecule has 0 aliphatic heterocycles. The number of benzene rings is 1. The van der Waals surface area contributed by atoms with Crippen molar-refractivity contribution in [1.82, 2.24) is 5.16 Å². The number of methoxy groups -OCH3 is 2. The smallest absolute Gasteiger partial charge is 0.452 e. The summed E-state index contributed by atoms with van der Waals surface area (Å²) in [6, 6.07) is 7.85. The van der Waals surface area contributed by atoms with Gasteiger partial charge in [-0.05, 0) is 24.3 Å². The SMILES string of the molecule is COc1ccc(NS(=O)(=O)c2ccc(-c3cc(C(F)(F)F)on3)s2)c(OC)c1. The molecule has 1 aromatic carbocycles. The summed E-state index contributed by atoms with van der Waals surface area (Å²) < 4.78 is 79.8. The van der Waals surface area contributed by atoms with E-state index in [9.17, 15) is 21.6 Å². The van der Waals surface area contributed by atoms with Crippen molar-refractivity contribution in [3.63, 3.8) is 0 Å². The van der Waals surface area contributed by atoms with Crippen LogP contribution >= 0.6 is 11.3 Å². The highest BCUT2D eigenvalue weighted by Crippen LogP contribution is 2.36. The van der Waals surface area contributed by atoms with Gasteiger partial charge in [0.1, 0.15) is 21.4 Å². The maximum Gasteiger partial charge on any atom is 0.452 e. The quantitative estimate of drug-likeness (QED) is 0.624. The van der Waals surface area contributed by atoms with E-state index in [2.05, 4.69) is 14.4 Å². The largest absolute Gasteiger partial charge is 0.497 e. The molecule has 7 nitrogen and oxygen atoms in total. The van der Waals surface area contributed by atoms with E-state index in [0.29, 0.717) is 11.8 Å². The lowest BCUT2D eigenvalue weighted by atomic mass is 10.3. The minimum absolute atomic E-state index is 0.110. The molecule has 150 valence electrons. The van der Waals surface area contributed by atoms with Crippen LogP contribution in [0.1, 0.15) is 5.76 Å². The summed E-state index contributed by atoms with van der Waals surface area (Å²) in [5.74, 6) is -0.544. The Bertz CT molecular complexity index is 1090. The number of alkyl halides is 3. The number of hydrogen-bond donors (Lipinski definition) is 1. The molecule has 3 rings (SSSR count). The fraction of sp³-hybridized carbons (Fsp3) is 0.188. The van der Waals surface area contributed by atoms with Crippen LogP contribution in [-0.4, -0.2) is 27.8 Å². The first-order chi connectivity index (χ1) is 13.1. The Morgan fingerprint density at radius 2 is 1.86 bits per heavy atom. The van der Waals surface area contributed by atoms with E-state index < -0.39 is 22.0 Å². The Labute approximate surface area is 161 Å². The van der Waals surface area contributed by atoms with Gasteiger partial charge in [-0.15, -0.1) is 11.3 Å². The van der Waals surface area contributed by atoms with Crippen LogP contribution in [-0.2, 0) is 16.2 Å². The van der Waals surface area contributed by atoms with E-state index >= 15 is 0 Å². The van der Waals surface area contributed by atoms with Crippen LogP contribution in [0, 0.1) is 0 Å². The van der Waals surface area contributed by atoms with E-state index in [1.807, 2.05) is 0 Å². The number of nitrogens with zero attached hydrogens (tertiary/aromatic N) is 1. The van der Waals surface area contributed by atoms with Crippen LogP contribution in [0.2, 0.25) is 0 Å². The summed E-state index contributed by atoms with van der Waals surface area (Å²) in [5, 5.41) is 3.35. The molecule has 0 aliphatic carbocycles. The summed E-state index contributed by atoms with van der Waals surface area (Å²) in [4.78, 5) is 0.210. The standard InChI is InChI=1S/C16H13F3N2O5S2/c1-24-9-3-4-10(12(7-9)25-2)21-28(22,23)15-6-5-13(27-15)11-8-14(26-20-11)16(17,18)19/h3-8,21H,1-2H3. The summed E-state index contributed by atoms with van der Waals surface area (Å²) in [6.07, 6.45) is -4.68. The van der Waals surface area contributed by atoms with Gasteiger partial charge in [-0.3, -0.25) is 4.72 Å². The van der Waals surface area contributed by atoms with Crippen LogP contribution < -0.4 is 14.2 Å². The molecule has 0 saturated heterocycles. The predicted molar refractivity (Wildman–Crippen MR) is 95.2 cm³/mol. The van der Waals surface area contributed by atoms with Crippen LogP contribution in [0.5, 0.6) is 11.5 Å². The summed E-state index contributed by atoms with van der Waals surface area (Å²) in [5.41, 5.74) is 0.0693. The number of hydrogen-bond acceptors (Lipinski definition) is 7. The van der Waals surface area contributed by atoms with Crippen molar-refractivity contribution in [2.24, 2.45) is 0 Å². The number of rotatable bonds is 6. The maximum absolute atomic E-state index is 12.6. The van der Waals surface area contributed by atoms with Crippen molar-refractivity contribution < 1.29 is 35.6 Å². The molecule has 3 aromatic rings. The molecular weight excluding hydrogens is 421 g/mol. The van der Waals surface area contributed by atoms with Crippen molar-refractivity contribution in [2.75, 3.05) is 18.9 Å². The van der Waals surface area contributed by atoms with Crippen LogP contribution in [0.15, 0.2) is 45.1 Å². The molecule has 0 fully saturated rings. The minimum atomic E-state index is -4.68. The molecule has 0 saturated carbocycles. The zero-order chi connectivity index (χ0) is 20.5. The normalized spacial score (nSPS) is 12.0. The Morgan fingerprint density at radius 3 is 2.46 bits per heavy atom. The highest BCUT2D eigenvalue weighted by Gasteiger charge is 2.36. The third-order valence-corrected chi connectivity index (χ3v) is 6.51. The molecule has 1 N–H and O–H groups in total. The lowest BCUT2D eigenvalue weighted by Crippen LogP contribution is -2.12. The van der Waals surface area contributed by atoms with Gasteiger partial charge in [0.2, 0.25) is 5.76 Å². The second kappa shape index (κ2) is 7.36. The molecule has 0 radical (unpaired) electrons. The average Bonchev–Trinajstić information content (AvgIpc) is 3.31. The number of thiophene rings is 1. The molecule has 2 heterocycles. The molecule has 0 spiro atoms. The van der Waals surface area contributed by atoms with Crippen LogP contribution in [0.3, 0.4) is 0 Å². The first-order valence-corrected chi connectivity index (χ1v) is 9.83. The third-order valence-electron chi connectivity index (χ3n) is 3.54. The Kier molecular flexibility index (Phi) is 5.26. The molecule has 12 heteroatoms. The first-order valence-electron chi connectivity index (χ1n) is 7.53. The van der Waals surface area contributed by atoms with Crippen molar-refractivity contribution in [3.8, 4) is 22.1 Å². The lowest BCUT2D eigenvalue weighted by Gasteiger charge is -2.12. The fourth-order valence-electron chi connectivity index (χ4n) is 2.21. The van der Waals surface area contributed by atoms with E-state index in [4.69, 9.17) is 9.47 Å². The highest BCUT2D eigenvalue weighted by molar-refractivity contribution is 7.94. The number of sulfonamides is 1. The molecule has 28 heavy (non-hydrogen) atoms. The lowest BCUT2D eigenvalue weighted by molar-refractivity contribution is -0.155. The average molecular weight is 434 g/mol. The number of nitrogens with one attached hydrogen (secondary N) is 1. The zero-order valence-corrected chi connectivity index (χ0v) is 16.0. The Hall–Kier alpha value is -2.73. The molecule has 2 aromatic heterocycles. The van der Waals surface area contributed by atoms with Gasteiger partial charge in [0.05, 0.1) is 24.8 Å². The van der Waals surface area contributed by atoms with Gasteiger partial charge in [0.15, 0.2) is 0 Å². The number of anilines is 1. The molecule has 0 unspecified atom stereocenters. The zero-order valence-electron chi connectivity index (χ0n) is 14.4. The van der Waals surface area contributed by atoms with E-state index in [1.54, 1.807) is 6.07 Å². The molecular formula is C16H13F3N2O5S2. The molecule has 0 aliphatic rings. The van der Waals surface area contributed by atoms with Gasteiger partial charge in [0, 0.05) is 12.1 Å². The van der Waals surface area contributed by atoms with Crippen LogP contribution in [0.25, 0.3) is 10.6 Å². The second-order valence-electron chi connectivity index (χ2n) is 5.36. The summed E-state index contributed by atoms with van der Waals surface area (Å²) in [7, 11) is -1.18. The van der Waals surface area contributed by atoms with Gasteiger partial charge in [-0.1, -0.05) is 5.16 Å². The molecule has 0 amide bonds. The van der Waals surface area contributed by atoms with E-state index in [-0.39, 0.29) is 26.2 Å². The van der Waals surface area contributed by atoms with Gasteiger partial charge >= 0.3 is 6.18 Å². The first kappa shape index (κ1) is 20.0. The van der Waals surface area contributed by atoms with Gasteiger partial charge in [0.25, 0.3) is 10.0 Å². The number of ether oxygens (including phenoxy) is 2.